The van der Waals surface area contributed by atoms with E-state index in [0.717, 1.165) is 31.1 Å². The van der Waals surface area contributed by atoms with Gasteiger partial charge in [0.15, 0.2) is 5.78 Å². The van der Waals surface area contributed by atoms with Gasteiger partial charge in [-0.3, -0.25) is 14.6 Å². The summed E-state index contributed by atoms with van der Waals surface area (Å²) in [5, 5.41) is 13.1. The zero-order valence-electron chi connectivity index (χ0n) is 24.7. The van der Waals surface area contributed by atoms with Crippen molar-refractivity contribution in [2.45, 2.75) is 62.4 Å². The Morgan fingerprint density at radius 1 is 1.14 bits per heavy atom. The number of primary amides is 1. The van der Waals surface area contributed by atoms with E-state index >= 15 is 0 Å². The summed E-state index contributed by atoms with van der Waals surface area (Å²) in [6, 6.07) is 13.2. The zero-order valence-corrected chi connectivity index (χ0v) is 24.7. The maximum Gasteiger partial charge on any atom is 0.231 e. The molecule has 3 aliphatic rings. The van der Waals surface area contributed by atoms with E-state index in [2.05, 4.69) is 11.1 Å². The second-order valence-electron chi connectivity index (χ2n) is 12.6. The second-order valence-corrected chi connectivity index (χ2v) is 12.6. The molecule has 3 N–H and O–H groups in total. The van der Waals surface area contributed by atoms with Gasteiger partial charge in [-0.05, 0) is 105 Å². The molecule has 8 nitrogen and oxygen atoms in total. The Labute approximate surface area is 254 Å². The van der Waals surface area contributed by atoms with Gasteiger partial charge in [0.2, 0.25) is 5.91 Å². The number of nitrogens with zero attached hydrogens (tertiary/aromatic N) is 2. The van der Waals surface area contributed by atoms with Gasteiger partial charge in [-0.15, -0.1) is 0 Å². The number of halogens is 1. The van der Waals surface area contributed by atoms with Crippen molar-refractivity contribution < 1.29 is 28.6 Å². The van der Waals surface area contributed by atoms with Gasteiger partial charge in [-0.1, -0.05) is 0 Å². The summed E-state index contributed by atoms with van der Waals surface area (Å²) in [6.07, 6.45) is 5.92. The highest BCUT2D eigenvalue weighted by molar-refractivity contribution is 6.01. The number of amides is 1. The van der Waals surface area contributed by atoms with Crippen LogP contribution in [0.5, 0.6) is 11.5 Å². The molecule has 1 amide bonds. The minimum absolute atomic E-state index is 0.0262. The molecule has 2 atom stereocenters. The number of carbonyl (C=O) groups is 2. The van der Waals surface area contributed by atoms with Crippen molar-refractivity contribution in [2.75, 3.05) is 13.7 Å². The van der Waals surface area contributed by atoms with E-state index < -0.39 is 22.7 Å². The molecule has 0 unspecified atom stereocenters. The summed E-state index contributed by atoms with van der Waals surface area (Å²) in [5.41, 5.74) is 7.46. The second kappa shape index (κ2) is 10.4. The van der Waals surface area contributed by atoms with Crippen LogP contribution in [0, 0.1) is 11.7 Å². The quantitative estimate of drug-likeness (QED) is 0.225. The third kappa shape index (κ3) is 4.79. The number of benzene rings is 2. The van der Waals surface area contributed by atoms with E-state index in [1.807, 2.05) is 12.3 Å². The van der Waals surface area contributed by atoms with E-state index in [9.17, 15) is 19.1 Å². The number of ketones is 1. The van der Waals surface area contributed by atoms with E-state index in [-0.39, 0.29) is 31.1 Å². The largest absolute Gasteiger partial charge is 0.494 e. The van der Waals surface area contributed by atoms with E-state index in [1.165, 1.54) is 17.7 Å². The first-order chi connectivity index (χ1) is 21.1. The number of rotatable bonds is 10. The summed E-state index contributed by atoms with van der Waals surface area (Å²) >= 11 is 0. The number of hydrogen-bond donors (Lipinski definition) is 2. The van der Waals surface area contributed by atoms with Crippen LogP contribution in [0.1, 0.15) is 78.5 Å². The van der Waals surface area contributed by atoms with Crippen molar-refractivity contribution in [2.24, 2.45) is 11.7 Å². The highest BCUT2D eigenvalue weighted by Gasteiger charge is 2.49. The monoisotopic (exact) mass is 595 g/mol. The fraction of sp³-hybridized carbons (Fsp3) is 0.371. The molecular weight excluding hydrogens is 561 g/mol. The first-order valence-corrected chi connectivity index (χ1v) is 15.1. The van der Waals surface area contributed by atoms with Crippen LogP contribution in [-0.2, 0) is 15.8 Å². The average Bonchev–Trinajstić information content (AvgIpc) is 3.96. The summed E-state index contributed by atoms with van der Waals surface area (Å²) in [4.78, 5) is 35.8. The third-order valence-corrected chi connectivity index (χ3v) is 9.52. The lowest BCUT2D eigenvalue weighted by molar-refractivity contribution is -0.123. The van der Waals surface area contributed by atoms with Crippen LogP contribution >= 0.6 is 0 Å². The molecule has 226 valence electrons. The molecule has 0 radical (unpaired) electrons. The van der Waals surface area contributed by atoms with Gasteiger partial charge >= 0.3 is 0 Å². The molecule has 2 fully saturated rings. The molecule has 9 heteroatoms. The summed E-state index contributed by atoms with van der Waals surface area (Å²) < 4.78 is 25.4. The molecule has 2 saturated carbocycles. The smallest absolute Gasteiger partial charge is 0.231 e. The molecule has 0 bridgehead atoms. The minimum Gasteiger partial charge on any atom is -0.494 e. The van der Waals surface area contributed by atoms with Crippen LogP contribution in [0.4, 0.5) is 4.39 Å². The van der Waals surface area contributed by atoms with Gasteiger partial charge in [-0.2, -0.15) is 0 Å². The maximum atomic E-state index is 13.8. The lowest BCUT2D eigenvalue weighted by Crippen LogP contribution is -2.40. The van der Waals surface area contributed by atoms with E-state index in [0.29, 0.717) is 51.0 Å². The molecule has 0 saturated heterocycles. The Kier molecular flexibility index (Phi) is 6.69. The number of pyridine rings is 2. The van der Waals surface area contributed by atoms with Gasteiger partial charge in [0.05, 0.1) is 12.8 Å². The number of carbonyl (C=O) groups excluding carboxylic acids is 2. The van der Waals surface area contributed by atoms with Crippen molar-refractivity contribution in [3.05, 3.63) is 82.9 Å². The van der Waals surface area contributed by atoms with Gasteiger partial charge in [-0.25, -0.2) is 9.37 Å². The fourth-order valence-corrected chi connectivity index (χ4v) is 6.35. The van der Waals surface area contributed by atoms with Crippen molar-refractivity contribution in [1.82, 2.24) is 9.97 Å². The lowest BCUT2D eigenvalue weighted by Gasteiger charge is -2.29. The fourth-order valence-electron chi connectivity index (χ4n) is 6.35. The predicted molar refractivity (Wildman–Crippen MR) is 162 cm³/mol. The molecule has 1 aliphatic heterocycles. The minimum atomic E-state index is -1.44. The number of Topliss-reactive ketones (excluding diaryl/α,β-unsaturated/α-hetero) is 1. The molecule has 2 aromatic carbocycles. The Morgan fingerprint density at radius 3 is 2.55 bits per heavy atom. The Bertz CT molecular complexity index is 1820. The van der Waals surface area contributed by atoms with Crippen molar-refractivity contribution >= 4 is 22.6 Å². The molecule has 2 aliphatic carbocycles. The molecule has 3 heterocycles. The van der Waals surface area contributed by atoms with E-state index in [4.69, 9.17) is 20.2 Å². The maximum absolute atomic E-state index is 13.8. The number of aliphatic hydroxyl groups is 1. The van der Waals surface area contributed by atoms with Crippen LogP contribution in [0.15, 0.2) is 54.7 Å². The van der Waals surface area contributed by atoms with Crippen molar-refractivity contribution in [1.29, 1.82) is 0 Å². The van der Waals surface area contributed by atoms with Crippen LogP contribution < -0.4 is 15.2 Å². The van der Waals surface area contributed by atoms with Crippen LogP contribution in [0.2, 0.25) is 0 Å². The van der Waals surface area contributed by atoms with Gasteiger partial charge < -0.3 is 20.3 Å². The van der Waals surface area contributed by atoms with Gasteiger partial charge in [0, 0.05) is 34.7 Å². The van der Waals surface area contributed by atoms with Crippen molar-refractivity contribution in [3.8, 4) is 22.8 Å². The summed E-state index contributed by atoms with van der Waals surface area (Å²) in [6.45, 7) is 1.73. The molecule has 7 rings (SSSR count). The molecular formula is C35H34FN3O5. The first kappa shape index (κ1) is 28.4. The van der Waals surface area contributed by atoms with Gasteiger partial charge in [0.25, 0.3) is 0 Å². The number of ether oxygens (including phenoxy) is 2. The SMILES string of the molecule is COc1cc(C(=O)CC[C@](O)(c2cc3c(c(-c4ccc(F)cc4)n2)OC[C@]3(C)C(N)=O)C2CC2)cc2cc(C3CC3)cnc12. The van der Waals surface area contributed by atoms with Crippen LogP contribution in [-0.4, -0.2) is 40.5 Å². The van der Waals surface area contributed by atoms with Crippen LogP contribution in [0.3, 0.4) is 0 Å². The molecule has 2 aromatic heterocycles. The number of aromatic nitrogens is 2. The number of hydrogen-bond acceptors (Lipinski definition) is 7. The van der Waals surface area contributed by atoms with E-state index in [1.54, 1.807) is 38.3 Å². The van der Waals surface area contributed by atoms with Crippen molar-refractivity contribution in [3.63, 3.8) is 0 Å². The Hall–Kier alpha value is -4.37. The molecule has 0 spiro atoms. The normalized spacial score (nSPS) is 20.5. The Morgan fingerprint density at radius 2 is 1.89 bits per heavy atom. The van der Waals surface area contributed by atoms with Crippen LogP contribution in [0.25, 0.3) is 22.2 Å². The van der Waals surface area contributed by atoms with Gasteiger partial charge in [0.1, 0.15) is 46.1 Å². The standard InChI is InChI=1S/C35H34FN3O5/c1-34(33(37)41)18-44-32-26(34)16-29(39-31(32)20-5-9-25(36)10-6-20)35(42,24-7-8-24)12-11-27(40)21-13-22-14-23(19-3-4-19)17-38-30(22)28(15-21)43-2/h5-6,9-10,13-17,19,24,42H,3-4,7-8,11-12,18H2,1-2H3,(H2,37,41)/t34-,35+/m0/s1. The molecule has 44 heavy (non-hydrogen) atoms. The number of methoxy groups -OCH3 is 1. The third-order valence-electron chi connectivity index (χ3n) is 9.52. The highest BCUT2D eigenvalue weighted by Crippen LogP contribution is 2.52. The summed E-state index contributed by atoms with van der Waals surface area (Å²) in [7, 11) is 1.56. The average molecular weight is 596 g/mol. The number of nitrogens with two attached hydrogens (primary N) is 1. The lowest BCUT2D eigenvalue weighted by atomic mass is 9.80. The topological polar surface area (TPSA) is 125 Å². The highest BCUT2D eigenvalue weighted by atomic mass is 19.1. The predicted octanol–water partition coefficient (Wildman–Crippen LogP) is 5.72. The first-order valence-electron chi connectivity index (χ1n) is 15.1. The molecule has 4 aromatic rings. The Balaban J connectivity index is 1.25. The number of fused-ring (bicyclic) bond motifs is 2. The summed E-state index contributed by atoms with van der Waals surface area (Å²) in [5.74, 6) is 0.230. The zero-order chi connectivity index (χ0) is 30.8.